The molecule has 14 heteroatoms. The van der Waals surface area contributed by atoms with Gasteiger partial charge in [0.25, 0.3) is 0 Å². The van der Waals surface area contributed by atoms with Crippen LogP contribution in [0, 0.1) is 22.7 Å². The minimum Gasteiger partial charge on any atom is -0.465 e. The van der Waals surface area contributed by atoms with Crippen molar-refractivity contribution >= 4 is 40.0 Å². The highest BCUT2D eigenvalue weighted by atomic mass is 28.3. The summed E-state index contributed by atoms with van der Waals surface area (Å²) in [4.78, 5) is 48.1. The fourth-order valence-corrected chi connectivity index (χ4v) is 10.5. The summed E-state index contributed by atoms with van der Waals surface area (Å²) in [6.45, 7) is 31.1. The lowest BCUT2D eigenvalue weighted by Gasteiger charge is -2.39. The van der Waals surface area contributed by atoms with Crippen LogP contribution in [-0.4, -0.2) is 78.3 Å². The Morgan fingerprint density at radius 1 is 0.522 bits per heavy atom. The van der Waals surface area contributed by atoms with Crippen molar-refractivity contribution < 1.29 is 55.7 Å². The maximum Gasteiger partial charge on any atom is 0.415 e. The molecule has 0 aromatic heterocycles. The monoisotopic (exact) mass is 704 g/mol. The van der Waals surface area contributed by atoms with Crippen LogP contribution in [-0.2, 0) is 38.1 Å². The van der Waals surface area contributed by atoms with Crippen LogP contribution < -0.4 is 0 Å². The standard InChI is InChI=1S/C20H42O4Si2.C12H18F4O4/c1-19(2,3)13-23-17(21)15(25(7,8)9)16(26(10,11)12)18(22)24-14-20(4,5)6;1-7(2)5-19-9(17)11(13,14)12(15,16)10(18)20-6-8(3)4/h15-16H,13-14H2,1-12H3;7-8H,5-6H2,1-4H3. The molecule has 0 fully saturated rings. The predicted molar refractivity (Wildman–Crippen MR) is 177 cm³/mol. The lowest BCUT2D eigenvalue weighted by Crippen LogP contribution is -2.54. The van der Waals surface area contributed by atoms with E-state index in [4.69, 9.17) is 9.47 Å². The Labute approximate surface area is 276 Å². The molecule has 0 heterocycles. The number of carbonyl (C=O) groups is 4. The molecule has 0 amide bonds. The zero-order valence-corrected chi connectivity index (χ0v) is 32.9. The van der Waals surface area contributed by atoms with Crippen LogP contribution in [0.3, 0.4) is 0 Å². The van der Waals surface area contributed by atoms with E-state index < -0.39 is 53.1 Å². The second-order valence-corrected chi connectivity index (χ2v) is 27.9. The first-order chi connectivity index (χ1) is 20.2. The second-order valence-electron chi connectivity index (χ2n) is 17.2. The topological polar surface area (TPSA) is 105 Å². The minimum atomic E-state index is -5.27. The summed E-state index contributed by atoms with van der Waals surface area (Å²) in [7, 11) is -3.99. The van der Waals surface area contributed by atoms with Crippen molar-refractivity contribution in [2.75, 3.05) is 26.4 Å². The van der Waals surface area contributed by atoms with Gasteiger partial charge in [0.05, 0.1) is 53.7 Å². The van der Waals surface area contributed by atoms with E-state index in [-0.39, 0.29) is 45.7 Å². The maximum absolute atomic E-state index is 13.3. The lowest BCUT2D eigenvalue weighted by molar-refractivity contribution is -0.238. The molecule has 0 bridgehead atoms. The number of rotatable bonds is 14. The van der Waals surface area contributed by atoms with Crippen LogP contribution in [0.1, 0.15) is 69.2 Å². The highest BCUT2D eigenvalue weighted by molar-refractivity contribution is 6.87. The average molecular weight is 705 g/mol. The molecule has 8 nitrogen and oxygen atoms in total. The summed E-state index contributed by atoms with van der Waals surface area (Å²) >= 11 is 0. The zero-order valence-electron chi connectivity index (χ0n) is 30.9. The quantitative estimate of drug-likeness (QED) is 0.0771. The molecule has 2 unspecified atom stereocenters. The highest BCUT2D eigenvalue weighted by Crippen LogP contribution is 2.43. The maximum atomic E-state index is 13.3. The fourth-order valence-electron chi connectivity index (χ4n) is 3.66. The third-order valence-corrected chi connectivity index (χ3v) is 11.2. The van der Waals surface area contributed by atoms with Crippen molar-refractivity contribution in [1.29, 1.82) is 0 Å². The number of hydrogen-bond donors (Lipinski definition) is 0. The summed E-state index contributed by atoms with van der Waals surface area (Å²) in [6, 6.07) is 0. The number of carbonyl (C=O) groups excluding carboxylic acids is 4. The van der Waals surface area contributed by atoms with Crippen LogP contribution in [0.15, 0.2) is 0 Å². The van der Waals surface area contributed by atoms with Crippen LogP contribution in [0.4, 0.5) is 17.6 Å². The molecule has 272 valence electrons. The largest absolute Gasteiger partial charge is 0.465 e. The third kappa shape index (κ3) is 16.7. The van der Waals surface area contributed by atoms with E-state index in [1.807, 2.05) is 41.5 Å². The van der Waals surface area contributed by atoms with Crippen molar-refractivity contribution in [3.05, 3.63) is 0 Å². The summed E-state index contributed by atoms with van der Waals surface area (Å²) in [6.07, 6.45) is 0. The molecule has 46 heavy (non-hydrogen) atoms. The first-order valence-electron chi connectivity index (χ1n) is 15.6. The van der Waals surface area contributed by atoms with Crippen molar-refractivity contribution in [2.24, 2.45) is 22.7 Å². The number of hydrogen-bond acceptors (Lipinski definition) is 8. The molecule has 0 N–H and O–H groups in total. The van der Waals surface area contributed by atoms with E-state index in [2.05, 4.69) is 48.8 Å². The Morgan fingerprint density at radius 2 is 0.761 bits per heavy atom. The van der Waals surface area contributed by atoms with Crippen molar-refractivity contribution in [2.45, 2.75) is 131 Å². The summed E-state index contributed by atoms with van der Waals surface area (Å²) in [5.41, 5.74) is -0.935. The van der Waals surface area contributed by atoms with Crippen molar-refractivity contribution in [3.8, 4) is 0 Å². The number of esters is 4. The molecule has 0 saturated heterocycles. The SMILES string of the molecule is CC(C)(C)COC(=O)C(C(C(=O)OCC(C)(C)C)[Si](C)(C)C)[Si](C)(C)C.CC(C)COC(=O)C(F)(F)C(F)(F)C(=O)OCC(C)C. The molecule has 0 spiro atoms. The van der Waals surface area contributed by atoms with Crippen LogP contribution in [0.2, 0.25) is 50.4 Å². The van der Waals surface area contributed by atoms with E-state index >= 15 is 0 Å². The molecule has 2 atom stereocenters. The molecule has 0 aliphatic carbocycles. The molecule has 0 saturated carbocycles. The second kappa shape index (κ2) is 17.4. The van der Waals surface area contributed by atoms with Gasteiger partial charge in [-0.05, 0) is 22.7 Å². The van der Waals surface area contributed by atoms with E-state index in [9.17, 15) is 36.7 Å². The van der Waals surface area contributed by atoms with Crippen molar-refractivity contribution in [1.82, 2.24) is 0 Å². The highest BCUT2D eigenvalue weighted by Gasteiger charge is 2.69. The van der Waals surface area contributed by atoms with Crippen LogP contribution in [0.5, 0.6) is 0 Å². The van der Waals surface area contributed by atoms with Gasteiger partial charge in [-0.3, -0.25) is 9.59 Å². The Kier molecular flexibility index (Phi) is 17.5. The average Bonchev–Trinajstić information content (AvgIpc) is 2.83. The number of alkyl halides is 4. The summed E-state index contributed by atoms with van der Waals surface area (Å²) in [5, 5.41) is 0. The normalized spacial score (nSPS) is 14.6. The number of halogens is 4. The Morgan fingerprint density at radius 3 is 0.935 bits per heavy atom. The molecule has 0 aromatic rings. The molecule has 0 aliphatic rings. The van der Waals surface area contributed by atoms with Gasteiger partial charge in [-0.15, -0.1) is 0 Å². The third-order valence-electron chi connectivity index (χ3n) is 6.00. The van der Waals surface area contributed by atoms with Crippen LogP contribution >= 0.6 is 0 Å². The van der Waals surface area contributed by atoms with Gasteiger partial charge in [0, 0.05) is 0 Å². The predicted octanol–water partition coefficient (Wildman–Crippen LogP) is 8.24. The van der Waals surface area contributed by atoms with Crippen molar-refractivity contribution in [3.63, 3.8) is 0 Å². The fraction of sp³-hybridized carbons (Fsp3) is 0.875. The number of ether oxygens (including phenoxy) is 4. The molecule has 0 rings (SSSR count). The van der Waals surface area contributed by atoms with Gasteiger partial charge >= 0.3 is 35.7 Å². The molecule has 0 radical (unpaired) electrons. The lowest BCUT2D eigenvalue weighted by atomic mass is 9.98. The summed E-state index contributed by atoms with van der Waals surface area (Å²) < 4.78 is 72.6. The van der Waals surface area contributed by atoms with E-state index in [1.54, 1.807) is 27.7 Å². The molecular formula is C32H60F4O8Si2. The van der Waals surface area contributed by atoms with E-state index in [0.29, 0.717) is 13.2 Å². The molecule has 0 aromatic carbocycles. The van der Waals surface area contributed by atoms with Gasteiger partial charge in [-0.1, -0.05) is 109 Å². The van der Waals surface area contributed by atoms with Gasteiger partial charge < -0.3 is 18.9 Å². The smallest absolute Gasteiger partial charge is 0.415 e. The van der Waals surface area contributed by atoms with Gasteiger partial charge in [-0.25, -0.2) is 9.59 Å². The zero-order chi connectivity index (χ0) is 37.3. The van der Waals surface area contributed by atoms with Gasteiger partial charge in [0.2, 0.25) is 0 Å². The molecule has 0 aliphatic heterocycles. The Bertz CT molecular complexity index is 926. The van der Waals surface area contributed by atoms with Gasteiger partial charge in [0.15, 0.2) is 0 Å². The molecular weight excluding hydrogens is 645 g/mol. The Balaban J connectivity index is 0. The summed E-state index contributed by atoms with van der Waals surface area (Å²) in [5.74, 6) is -16.5. The minimum absolute atomic E-state index is 0.0962. The van der Waals surface area contributed by atoms with Gasteiger partial charge in [0.1, 0.15) is 0 Å². The van der Waals surface area contributed by atoms with E-state index in [0.717, 1.165) is 0 Å². The first-order valence-corrected chi connectivity index (χ1v) is 22.8. The van der Waals surface area contributed by atoms with Crippen LogP contribution in [0.25, 0.3) is 0 Å². The van der Waals surface area contributed by atoms with Gasteiger partial charge in [-0.2, -0.15) is 17.6 Å². The Hall–Kier alpha value is -1.97. The first kappa shape index (κ1) is 46.2. The van der Waals surface area contributed by atoms with E-state index in [1.165, 1.54) is 0 Å².